The third-order valence-electron chi connectivity index (χ3n) is 6.03. The molecule has 0 aliphatic rings. The number of anilines is 2. The first-order valence-electron chi connectivity index (χ1n) is 11.3. The molecule has 32 heavy (non-hydrogen) atoms. The van der Waals surface area contributed by atoms with Crippen LogP contribution in [0.5, 0.6) is 0 Å². The Morgan fingerprint density at radius 1 is 0.875 bits per heavy atom. The van der Waals surface area contributed by atoms with Gasteiger partial charge in [-0.25, -0.2) is 0 Å². The average molecular weight is 566 g/mol. The summed E-state index contributed by atoms with van der Waals surface area (Å²) in [7, 11) is 0. The molecule has 0 aromatic heterocycles. The Labute approximate surface area is 211 Å². The Morgan fingerprint density at radius 2 is 1.31 bits per heavy atom. The normalized spacial score (nSPS) is 13.6. The predicted molar refractivity (Wildman–Crippen MR) is 147 cm³/mol. The van der Waals surface area contributed by atoms with Crippen LogP contribution in [0.15, 0.2) is 24.3 Å². The van der Waals surface area contributed by atoms with E-state index in [0.29, 0.717) is 0 Å². The van der Waals surface area contributed by atoms with Crippen LogP contribution in [-0.2, 0) is 4.79 Å². The molecule has 2 atom stereocenters. The van der Waals surface area contributed by atoms with Gasteiger partial charge >= 0.3 is 0 Å². The van der Waals surface area contributed by atoms with Crippen LogP contribution in [0.4, 0.5) is 11.4 Å². The number of hydrogen-bond acceptors (Lipinski definition) is 3. The van der Waals surface area contributed by atoms with Crippen molar-refractivity contribution in [3.05, 3.63) is 57.6 Å². The molecule has 3 nitrogen and oxygen atoms in total. The van der Waals surface area contributed by atoms with Gasteiger partial charge in [0.15, 0.2) is 0 Å². The maximum absolute atomic E-state index is 12.0. The molecule has 2 aromatic carbocycles. The first-order chi connectivity index (χ1) is 14.8. The lowest BCUT2D eigenvalue weighted by atomic mass is 9.88. The van der Waals surface area contributed by atoms with Crippen molar-refractivity contribution >= 4 is 47.9 Å². The van der Waals surface area contributed by atoms with E-state index in [1.807, 2.05) is 13.8 Å². The maximum atomic E-state index is 12.0. The summed E-state index contributed by atoms with van der Waals surface area (Å²) in [5.41, 5.74) is 9.63. The Hall–Kier alpha value is -1.33. The van der Waals surface area contributed by atoms with Gasteiger partial charge in [-0.05, 0) is 92.6 Å². The topological polar surface area (TPSA) is 41.1 Å². The number of carbonyl (C=O) groups is 1. The highest BCUT2D eigenvalue weighted by Crippen LogP contribution is 2.32. The Morgan fingerprint density at radius 3 is 1.75 bits per heavy atom. The fourth-order valence-corrected chi connectivity index (χ4v) is 5.94. The minimum absolute atomic E-state index is 0.0493. The first-order valence-corrected chi connectivity index (χ1v) is 13.0. The number of rotatable bonds is 10. The Kier molecular flexibility index (Phi) is 9.42. The van der Waals surface area contributed by atoms with E-state index in [9.17, 15) is 4.79 Å². The third-order valence-corrected chi connectivity index (χ3v) is 7.80. The molecule has 0 heterocycles. The molecule has 2 N–H and O–H groups in total. The molecular weight excluding hydrogens is 528 g/mol. The fourth-order valence-electron chi connectivity index (χ4n) is 4.52. The average Bonchev–Trinajstić information content (AvgIpc) is 2.62. The lowest BCUT2D eigenvalue weighted by molar-refractivity contribution is -0.117. The number of nitrogens with one attached hydrogen (secondary N) is 2. The summed E-state index contributed by atoms with van der Waals surface area (Å²) in [5, 5.41) is 7.53. The van der Waals surface area contributed by atoms with E-state index in [1.165, 1.54) is 44.8 Å². The van der Waals surface area contributed by atoms with Crippen molar-refractivity contribution in [2.24, 2.45) is 5.41 Å². The Balaban J connectivity index is 2.25. The van der Waals surface area contributed by atoms with Crippen LogP contribution in [0.25, 0.3) is 0 Å². The first kappa shape index (κ1) is 26.9. The second-order valence-electron chi connectivity index (χ2n) is 9.96. The second-order valence-corrected chi connectivity index (χ2v) is 12.0. The maximum Gasteiger partial charge on any atom is 0.203 e. The zero-order valence-corrected chi connectivity index (χ0v) is 23.9. The molecule has 2 rings (SSSR count). The van der Waals surface area contributed by atoms with E-state index >= 15 is 0 Å². The van der Waals surface area contributed by atoms with E-state index < -0.39 is 5.41 Å². The number of benzene rings is 2. The number of alkyl halides is 1. The van der Waals surface area contributed by atoms with Crippen LogP contribution in [-0.4, -0.2) is 22.1 Å². The number of hydrogen-bond donors (Lipinski definition) is 2. The molecule has 0 saturated heterocycles. The van der Waals surface area contributed by atoms with E-state index in [2.05, 4.69) is 108 Å². The fraction of sp³-hybridized carbons (Fsp3) is 0.519. The molecule has 0 bridgehead atoms. The summed E-state index contributed by atoms with van der Waals surface area (Å²) in [6.45, 7) is 17.7. The van der Waals surface area contributed by atoms with Gasteiger partial charge in [-0.2, -0.15) is 0 Å². The molecule has 0 aliphatic carbocycles. The van der Waals surface area contributed by atoms with Crippen molar-refractivity contribution in [2.75, 3.05) is 17.2 Å². The quantitative estimate of drug-likeness (QED) is 0.227. The molecule has 0 saturated carbocycles. The van der Waals surface area contributed by atoms with E-state index in [1.54, 1.807) is 0 Å². The molecule has 0 spiro atoms. The number of aryl methyl sites for hydroxylation is 6. The van der Waals surface area contributed by atoms with Gasteiger partial charge < -0.3 is 10.6 Å². The minimum atomic E-state index is -0.411. The lowest BCUT2D eigenvalue weighted by Crippen LogP contribution is -2.34. The van der Waals surface area contributed by atoms with Crippen LogP contribution in [0.2, 0.25) is 0 Å². The zero-order valence-electron chi connectivity index (χ0n) is 20.7. The highest BCUT2D eigenvalue weighted by molar-refractivity contribution is 9.18. The Bertz CT molecular complexity index is 922. The van der Waals surface area contributed by atoms with Crippen LogP contribution in [0.1, 0.15) is 60.1 Å². The molecule has 5 heteroatoms. The van der Waals surface area contributed by atoms with Crippen molar-refractivity contribution in [3.8, 4) is 0 Å². The molecule has 0 fully saturated rings. The molecule has 2 aromatic rings. The van der Waals surface area contributed by atoms with Crippen LogP contribution in [0, 0.1) is 47.0 Å². The number of halogens is 2. The van der Waals surface area contributed by atoms with Gasteiger partial charge in [0, 0.05) is 34.2 Å². The van der Waals surface area contributed by atoms with Crippen molar-refractivity contribution in [1.29, 1.82) is 0 Å². The molecular formula is C27H38Br2N2O. The highest BCUT2D eigenvalue weighted by Gasteiger charge is 2.29. The molecule has 0 radical (unpaired) electrons. The number of carbonyl (C=O) groups excluding carboxylic acids is 1. The summed E-state index contributed by atoms with van der Waals surface area (Å²) in [6.07, 6.45) is 1.66. The van der Waals surface area contributed by atoms with Gasteiger partial charge in [0.05, 0.1) is 0 Å². The van der Waals surface area contributed by atoms with Crippen molar-refractivity contribution in [3.63, 3.8) is 0 Å². The van der Waals surface area contributed by atoms with Crippen LogP contribution >= 0.6 is 31.9 Å². The monoisotopic (exact) mass is 564 g/mol. The standard InChI is InChI=1S/C27H38Br2N2O/c1-16-9-18(3)24(19(4)10-16)30-15-23(13-22(28)14-27(7,8)26(29)32)31-25-20(5)11-17(2)12-21(25)6/h9-12,22-23,30-31H,13-15H2,1-8H3. The predicted octanol–water partition coefficient (Wildman–Crippen LogP) is 7.92. The van der Waals surface area contributed by atoms with Crippen molar-refractivity contribution in [1.82, 2.24) is 0 Å². The summed E-state index contributed by atoms with van der Waals surface area (Å²) < 4.78 is 0.0493. The van der Waals surface area contributed by atoms with Gasteiger partial charge in [-0.15, -0.1) is 0 Å². The zero-order chi connectivity index (χ0) is 24.2. The van der Waals surface area contributed by atoms with Crippen molar-refractivity contribution < 1.29 is 4.79 Å². The van der Waals surface area contributed by atoms with Crippen LogP contribution < -0.4 is 10.6 Å². The molecule has 0 aliphatic heterocycles. The third kappa shape index (κ3) is 7.34. The smallest absolute Gasteiger partial charge is 0.203 e. The molecule has 0 amide bonds. The van der Waals surface area contributed by atoms with Crippen molar-refractivity contribution in [2.45, 2.75) is 79.1 Å². The van der Waals surface area contributed by atoms with Gasteiger partial charge in [-0.3, -0.25) is 4.79 Å². The summed E-state index contributed by atoms with van der Waals surface area (Å²) >= 11 is 7.03. The summed E-state index contributed by atoms with van der Waals surface area (Å²) in [4.78, 5) is 12.2. The summed E-state index contributed by atoms with van der Waals surface area (Å²) in [6, 6.07) is 9.10. The largest absolute Gasteiger partial charge is 0.383 e. The van der Waals surface area contributed by atoms with E-state index in [0.717, 1.165) is 19.4 Å². The van der Waals surface area contributed by atoms with Gasteiger partial charge in [-0.1, -0.05) is 65.2 Å². The lowest BCUT2D eigenvalue weighted by Gasteiger charge is -2.29. The second kappa shape index (κ2) is 11.2. The molecule has 2 unspecified atom stereocenters. The minimum Gasteiger partial charge on any atom is -0.383 e. The highest BCUT2D eigenvalue weighted by atomic mass is 79.9. The van der Waals surface area contributed by atoms with Gasteiger partial charge in [0.1, 0.15) is 0 Å². The van der Waals surface area contributed by atoms with E-state index in [-0.39, 0.29) is 15.6 Å². The molecule has 176 valence electrons. The van der Waals surface area contributed by atoms with Gasteiger partial charge in [0.25, 0.3) is 0 Å². The SMILES string of the molecule is Cc1cc(C)c(NCC(CC(Br)CC(C)(C)C(=O)Br)Nc2c(C)cc(C)cc2C)c(C)c1. The van der Waals surface area contributed by atoms with Crippen LogP contribution in [0.3, 0.4) is 0 Å². The van der Waals surface area contributed by atoms with Gasteiger partial charge in [0.2, 0.25) is 4.69 Å². The summed E-state index contributed by atoms with van der Waals surface area (Å²) in [5.74, 6) is 0. The van der Waals surface area contributed by atoms with E-state index in [4.69, 9.17) is 0 Å².